The first-order valence-corrected chi connectivity index (χ1v) is 4.25. The van der Waals surface area contributed by atoms with Crippen LogP contribution in [0, 0.1) is 0 Å². The van der Waals surface area contributed by atoms with Gasteiger partial charge in [-0.25, -0.2) is 0 Å². The Bertz CT molecular complexity index is 175. The Morgan fingerprint density at radius 1 is 1.58 bits per heavy atom. The summed E-state index contributed by atoms with van der Waals surface area (Å²) >= 11 is 0. The normalized spacial score (nSPS) is 12.8. The average molecular weight is 171 g/mol. The first-order chi connectivity index (χ1) is 5.49. The molecular weight excluding hydrogens is 152 g/mol. The number of rotatable bonds is 4. The maximum atomic E-state index is 11.2. The van der Waals surface area contributed by atoms with Crippen molar-refractivity contribution in [1.82, 2.24) is 5.32 Å². The Labute approximate surface area is 74.4 Å². The van der Waals surface area contributed by atoms with Crippen LogP contribution >= 0.6 is 0 Å². The summed E-state index contributed by atoms with van der Waals surface area (Å²) in [6.45, 7) is 7.35. The van der Waals surface area contributed by atoms with Gasteiger partial charge >= 0.3 is 0 Å². The molecule has 0 aromatic heterocycles. The van der Waals surface area contributed by atoms with Crippen molar-refractivity contribution >= 4 is 5.91 Å². The third kappa shape index (κ3) is 3.53. The maximum Gasteiger partial charge on any atom is 0.250 e. The predicted octanol–water partition coefficient (Wildman–Crippen LogP) is -0.441. The van der Waals surface area contributed by atoms with Crippen LogP contribution in [-0.4, -0.2) is 26.2 Å². The Hall–Kier alpha value is -0.830. The van der Waals surface area contributed by atoms with E-state index in [0.29, 0.717) is 5.57 Å². The number of amides is 1. The SMILES string of the molecule is C=C(C)C(=O)NC(CC)[NH+](C)C. The lowest BCUT2D eigenvalue weighted by Gasteiger charge is -2.20. The molecular formula is C9H19N2O+. The zero-order valence-electron chi connectivity index (χ0n) is 8.40. The van der Waals surface area contributed by atoms with E-state index in [1.54, 1.807) is 6.92 Å². The molecule has 1 atom stereocenters. The van der Waals surface area contributed by atoms with Gasteiger partial charge in [-0.1, -0.05) is 13.5 Å². The van der Waals surface area contributed by atoms with E-state index in [2.05, 4.69) is 18.8 Å². The minimum absolute atomic E-state index is 0.0527. The van der Waals surface area contributed by atoms with Crippen molar-refractivity contribution in [2.45, 2.75) is 26.4 Å². The van der Waals surface area contributed by atoms with Crippen molar-refractivity contribution in [3.8, 4) is 0 Å². The van der Waals surface area contributed by atoms with E-state index in [0.717, 1.165) is 6.42 Å². The van der Waals surface area contributed by atoms with Crippen molar-refractivity contribution < 1.29 is 9.69 Å². The lowest BCUT2D eigenvalue weighted by molar-refractivity contribution is -0.888. The molecule has 0 saturated heterocycles. The summed E-state index contributed by atoms with van der Waals surface area (Å²) in [7, 11) is 4.04. The van der Waals surface area contributed by atoms with Gasteiger partial charge < -0.3 is 10.2 Å². The third-order valence-electron chi connectivity index (χ3n) is 1.80. The smallest absolute Gasteiger partial charge is 0.250 e. The molecule has 1 unspecified atom stereocenters. The number of hydrogen-bond donors (Lipinski definition) is 2. The van der Waals surface area contributed by atoms with Gasteiger partial charge in [0.15, 0.2) is 6.17 Å². The van der Waals surface area contributed by atoms with Crippen LogP contribution in [0.2, 0.25) is 0 Å². The second-order valence-corrected chi connectivity index (χ2v) is 3.29. The van der Waals surface area contributed by atoms with Crippen LogP contribution in [0.3, 0.4) is 0 Å². The van der Waals surface area contributed by atoms with Crippen molar-refractivity contribution in [3.05, 3.63) is 12.2 Å². The molecule has 0 radical (unpaired) electrons. The predicted molar refractivity (Wildman–Crippen MR) is 49.8 cm³/mol. The van der Waals surface area contributed by atoms with Crippen molar-refractivity contribution in [2.75, 3.05) is 14.1 Å². The number of nitrogens with one attached hydrogen (secondary N) is 2. The van der Waals surface area contributed by atoms with Crippen LogP contribution in [0.5, 0.6) is 0 Å². The standard InChI is InChI=1S/C9H18N2O/c1-6-8(11(4)5)10-9(12)7(2)3/h8H,2,6H2,1,3-5H3,(H,10,12)/p+1. The van der Waals surface area contributed by atoms with Gasteiger partial charge in [-0.15, -0.1) is 0 Å². The highest BCUT2D eigenvalue weighted by Gasteiger charge is 2.14. The highest BCUT2D eigenvalue weighted by molar-refractivity contribution is 5.92. The molecule has 0 fully saturated rings. The minimum atomic E-state index is -0.0527. The van der Waals surface area contributed by atoms with E-state index in [1.165, 1.54) is 4.90 Å². The molecule has 0 heterocycles. The van der Waals surface area contributed by atoms with E-state index in [9.17, 15) is 4.79 Å². The summed E-state index contributed by atoms with van der Waals surface area (Å²) < 4.78 is 0. The molecule has 0 rings (SSSR count). The lowest BCUT2D eigenvalue weighted by Crippen LogP contribution is -3.12. The molecule has 0 aromatic carbocycles. The van der Waals surface area contributed by atoms with Gasteiger partial charge in [0.1, 0.15) is 0 Å². The molecule has 0 aliphatic rings. The summed E-state index contributed by atoms with van der Waals surface area (Å²) in [6, 6.07) is 0. The Balaban J connectivity index is 4.03. The second kappa shape index (κ2) is 4.93. The van der Waals surface area contributed by atoms with Crippen molar-refractivity contribution in [3.63, 3.8) is 0 Å². The van der Waals surface area contributed by atoms with Gasteiger partial charge in [-0.05, 0) is 6.92 Å². The molecule has 70 valence electrons. The van der Waals surface area contributed by atoms with E-state index in [4.69, 9.17) is 0 Å². The van der Waals surface area contributed by atoms with E-state index in [-0.39, 0.29) is 12.1 Å². The molecule has 3 heteroatoms. The van der Waals surface area contributed by atoms with Crippen LogP contribution in [0.1, 0.15) is 20.3 Å². The summed E-state index contributed by atoms with van der Waals surface area (Å²) in [6.07, 6.45) is 1.12. The maximum absolute atomic E-state index is 11.2. The number of hydrogen-bond acceptors (Lipinski definition) is 1. The second-order valence-electron chi connectivity index (χ2n) is 3.29. The molecule has 12 heavy (non-hydrogen) atoms. The summed E-state index contributed by atoms with van der Waals surface area (Å²) in [5.41, 5.74) is 0.565. The molecule has 3 nitrogen and oxygen atoms in total. The number of quaternary nitrogens is 1. The van der Waals surface area contributed by atoms with Gasteiger partial charge in [0, 0.05) is 12.0 Å². The highest BCUT2D eigenvalue weighted by Crippen LogP contribution is 1.88. The number of carbonyl (C=O) groups excluding carboxylic acids is 1. The Morgan fingerprint density at radius 3 is 2.33 bits per heavy atom. The molecule has 0 aliphatic heterocycles. The van der Waals surface area contributed by atoms with Gasteiger partial charge in [0.25, 0.3) is 5.91 Å². The monoisotopic (exact) mass is 171 g/mol. The first kappa shape index (κ1) is 11.2. The van der Waals surface area contributed by atoms with Crippen molar-refractivity contribution in [2.24, 2.45) is 0 Å². The van der Waals surface area contributed by atoms with Crippen LogP contribution in [-0.2, 0) is 4.79 Å². The fourth-order valence-electron chi connectivity index (χ4n) is 0.936. The highest BCUT2D eigenvalue weighted by atomic mass is 16.1. The Kier molecular flexibility index (Phi) is 4.59. The largest absolute Gasteiger partial charge is 0.320 e. The first-order valence-electron chi connectivity index (χ1n) is 4.25. The van der Waals surface area contributed by atoms with Gasteiger partial charge in [-0.2, -0.15) is 0 Å². The van der Waals surface area contributed by atoms with Crippen LogP contribution in [0.15, 0.2) is 12.2 Å². The van der Waals surface area contributed by atoms with Crippen molar-refractivity contribution in [1.29, 1.82) is 0 Å². The summed E-state index contributed by atoms with van der Waals surface area (Å²) in [5, 5.41) is 2.89. The molecule has 0 aliphatic carbocycles. The molecule has 0 bridgehead atoms. The van der Waals surface area contributed by atoms with Crippen LogP contribution in [0.4, 0.5) is 0 Å². The van der Waals surface area contributed by atoms with E-state index < -0.39 is 0 Å². The van der Waals surface area contributed by atoms with Gasteiger partial charge in [0.05, 0.1) is 14.1 Å². The van der Waals surface area contributed by atoms with Crippen LogP contribution < -0.4 is 10.2 Å². The van der Waals surface area contributed by atoms with E-state index >= 15 is 0 Å². The zero-order valence-corrected chi connectivity index (χ0v) is 8.40. The fraction of sp³-hybridized carbons (Fsp3) is 0.667. The lowest BCUT2D eigenvalue weighted by atomic mass is 10.3. The molecule has 0 spiro atoms. The molecule has 0 aromatic rings. The molecule has 0 saturated carbocycles. The Morgan fingerprint density at radius 2 is 2.08 bits per heavy atom. The molecule has 2 N–H and O–H groups in total. The zero-order chi connectivity index (χ0) is 9.72. The summed E-state index contributed by atoms with van der Waals surface area (Å²) in [5.74, 6) is -0.0527. The fourth-order valence-corrected chi connectivity index (χ4v) is 0.936. The minimum Gasteiger partial charge on any atom is -0.320 e. The third-order valence-corrected chi connectivity index (χ3v) is 1.80. The average Bonchev–Trinajstić information content (AvgIpc) is 1.98. The van der Waals surface area contributed by atoms with Gasteiger partial charge in [0.2, 0.25) is 0 Å². The number of carbonyl (C=O) groups is 1. The molecule has 1 amide bonds. The van der Waals surface area contributed by atoms with Crippen LogP contribution in [0.25, 0.3) is 0 Å². The van der Waals surface area contributed by atoms with E-state index in [1.807, 2.05) is 14.1 Å². The summed E-state index contributed by atoms with van der Waals surface area (Å²) in [4.78, 5) is 12.4. The topological polar surface area (TPSA) is 33.5 Å². The quantitative estimate of drug-likeness (QED) is 0.436. The van der Waals surface area contributed by atoms with Gasteiger partial charge in [-0.3, -0.25) is 4.79 Å².